The third-order valence-electron chi connectivity index (χ3n) is 2.04. The number of rotatable bonds is 2. The van der Waals surface area contributed by atoms with Crippen LogP contribution >= 0.6 is 27.5 Å². The third-order valence-corrected chi connectivity index (χ3v) is 2.76. The number of aromatic nitrogens is 1. The van der Waals surface area contributed by atoms with Crippen LogP contribution < -0.4 is 5.32 Å². The van der Waals surface area contributed by atoms with Gasteiger partial charge >= 0.3 is 0 Å². The Morgan fingerprint density at radius 1 is 1.24 bits per heavy atom. The highest BCUT2D eigenvalue weighted by atomic mass is 79.9. The molecule has 1 heterocycles. The number of benzene rings is 1. The van der Waals surface area contributed by atoms with E-state index in [0.717, 1.165) is 10.2 Å². The highest BCUT2D eigenvalue weighted by Gasteiger charge is 2.01. The van der Waals surface area contributed by atoms with Crippen molar-refractivity contribution in [1.82, 2.24) is 4.98 Å². The predicted octanol–water partition coefficient (Wildman–Crippen LogP) is 4.11. The lowest BCUT2D eigenvalue weighted by Crippen LogP contribution is -1.94. The summed E-state index contributed by atoms with van der Waals surface area (Å²) in [4.78, 5) is 4.09. The van der Waals surface area contributed by atoms with Crippen LogP contribution in [0.15, 0.2) is 40.9 Å². The average Bonchev–Trinajstić information content (AvgIpc) is 2.31. The predicted molar refractivity (Wildman–Crippen MR) is 71.4 cm³/mol. The molecule has 0 saturated carbocycles. The van der Waals surface area contributed by atoms with E-state index >= 15 is 0 Å². The number of hydrogen-bond acceptors (Lipinski definition) is 3. The fourth-order valence-corrected chi connectivity index (χ4v) is 1.78. The van der Waals surface area contributed by atoms with Gasteiger partial charge in [-0.2, -0.15) is 5.26 Å². The average molecular weight is 309 g/mol. The van der Waals surface area contributed by atoms with Crippen molar-refractivity contribution in [2.75, 3.05) is 5.32 Å². The number of nitrogens with one attached hydrogen (secondary N) is 1. The molecule has 0 radical (unpaired) electrons. The van der Waals surface area contributed by atoms with Crippen molar-refractivity contribution in [2.24, 2.45) is 0 Å². The molecule has 2 aromatic rings. The molecule has 0 saturated heterocycles. The molecule has 84 valence electrons. The molecule has 17 heavy (non-hydrogen) atoms. The molecule has 0 aliphatic rings. The highest BCUT2D eigenvalue weighted by Crippen LogP contribution is 2.20. The van der Waals surface area contributed by atoms with Gasteiger partial charge in [0.2, 0.25) is 0 Å². The number of pyridine rings is 1. The lowest BCUT2D eigenvalue weighted by molar-refractivity contribution is 1.29. The maximum atomic E-state index is 8.82. The Kier molecular flexibility index (Phi) is 3.62. The quantitative estimate of drug-likeness (QED) is 0.849. The highest BCUT2D eigenvalue weighted by molar-refractivity contribution is 9.10. The van der Waals surface area contributed by atoms with Gasteiger partial charge in [-0.3, -0.25) is 0 Å². The zero-order valence-corrected chi connectivity index (χ0v) is 11.0. The van der Waals surface area contributed by atoms with Gasteiger partial charge < -0.3 is 5.32 Å². The Bertz CT molecular complexity index is 575. The first kappa shape index (κ1) is 11.9. The van der Waals surface area contributed by atoms with E-state index in [4.69, 9.17) is 16.9 Å². The smallest absolute Gasteiger partial charge is 0.133 e. The second-order valence-corrected chi connectivity index (χ2v) is 4.61. The van der Waals surface area contributed by atoms with Crippen LogP contribution in [-0.2, 0) is 0 Å². The summed E-state index contributed by atoms with van der Waals surface area (Å²) < 4.78 is 1.000. The van der Waals surface area contributed by atoms with Crippen LogP contribution in [-0.4, -0.2) is 4.98 Å². The Morgan fingerprint density at radius 3 is 2.59 bits per heavy atom. The standard InChI is InChI=1S/C12H7BrClN3/c13-9-1-3-10(4-2-9)16-12-6-8(7-15)5-11(14)17-12/h1-6H,(H,16,17). The zero-order valence-electron chi connectivity index (χ0n) is 8.61. The number of hydrogen-bond donors (Lipinski definition) is 1. The third kappa shape index (κ3) is 3.19. The van der Waals surface area contributed by atoms with Gasteiger partial charge in [-0.15, -0.1) is 0 Å². The van der Waals surface area contributed by atoms with Crippen molar-refractivity contribution in [1.29, 1.82) is 5.26 Å². The molecule has 0 unspecified atom stereocenters. The number of nitrogens with zero attached hydrogens (tertiary/aromatic N) is 2. The van der Waals surface area contributed by atoms with E-state index in [9.17, 15) is 0 Å². The van der Waals surface area contributed by atoms with E-state index in [1.807, 2.05) is 30.3 Å². The summed E-state index contributed by atoms with van der Waals surface area (Å²) in [5.74, 6) is 0.552. The Balaban J connectivity index is 2.27. The molecular formula is C12H7BrClN3. The fourth-order valence-electron chi connectivity index (χ4n) is 1.31. The fraction of sp³-hybridized carbons (Fsp3) is 0. The normalized spacial score (nSPS) is 9.71. The number of anilines is 2. The molecule has 0 amide bonds. The molecule has 3 nitrogen and oxygen atoms in total. The first-order valence-electron chi connectivity index (χ1n) is 4.77. The summed E-state index contributed by atoms with van der Waals surface area (Å²) in [6.45, 7) is 0. The Hall–Kier alpha value is -1.57. The zero-order chi connectivity index (χ0) is 12.3. The monoisotopic (exact) mass is 307 g/mol. The molecule has 5 heteroatoms. The lowest BCUT2D eigenvalue weighted by Gasteiger charge is -2.06. The molecule has 0 aliphatic carbocycles. The summed E-state index contributed by atoms with van der Waals surface area (Å²) >= 11 is 9.17. The van der Waals surface area contributed by atoms with E-state index in [-0.39, 0.29) is 0 Å². The van der Waals surface area contributed by atoms with Crippen LogP contribution in [0, 0.1) is 11.3 Å². The summed E-state index contributed by atoms with van der Waals surface area (Å²) in [6.07, 6.45) is 0. The van der Waals surface area contributed by atoms with Crippen LogP contribution in [0.1, 0.15) is 5.56 Å². The van der Waals surface area contributed by atoms with Crippen LogP contribution in [0.3, 0.4) is 0 Å². The summed E-state index contributed by atoms with van der Waals surface area (Å²) in [6, 6.07) is 12.8. The van der Waals surface area contributed by atoms with Crippen LogP contribution in [0.5, 0.6) is 0 Å². The van der Waals surface area contributed by atoms with Crippen LogP contribution in [0.2, 0.25) is 5.15 Å². The van der Waals surface area contributed by atoms with E-state index in [0.29, 0.717) is 16.5 Å². The lowest BCUT2D eigenvalue weighted by atomic mass is 10.2. The maximum Gasteiger partial charge on any atom is 0.133 e. The molecule has 0 bridgehead atoms. The SMILES string of the molecule is N#Cc1cc(Cl)nc(Nc2ccc(Br)cc2)c1. The molecule has 0 aliphatic heterocycles. The largest absolute Gasteiger partial charge is 0.340 e. The van der Waals surface area contributed by atoms with Gasteiger partial charge in [-0.25, -0.2) is 4.98 Å². The van der Waals surface area contributed by atoms with Crippen LogP contribution in [0.25, 0.3) is 0 Å². The van der Waals surface area contributed by atoms with E-state index < -0.39 is 0 Å². The summed E-state index contributed by atoms with van der Waals surface area (Å²) in [7, 11) is 0. The van der Waals surface area contributed by atoms with Gasteiger partial charge in [-0.1, -0.05) is 27.5 Å². The van der Waals surface area contributed by atoms with Gasteiger partial charge in [0.15, 0.2) is 0 Å². The van der Waals surface area contributed by atoms with Gasteiger partial charge in [0, 0.05) is 10.2 Å². The van der Waals surface area contributed by atoms with Crippen molar-refractivity contribution < 1.29 is 0 Å². The van der Waals surface area contributed by atoms with Gasteiger partial charge in [0.25, 0.3) is 0 Å². The second kappa shape index (κ2) is 5.17. The molecule has 0 atom stereocenters. The number of nitriles is 1. The summed E-state index contributed by atoms with van der Waals surface area (Å²) in [5.41, 5.74) is 1.36. The van der Waals surface area contributed by atoms with Crippen molar-refractivity contribution in [2.45, 2.75) is 0 Å². The van der Waals surface area contributed by atoms with Gasteiger partial charge in [-0.05, 0) is 36.4 Å². The minimum Gasteiger partial charge on any atom is -0.340 e. The minimum atomic E-state index is 0.295. The van der Waals surface area contributed by atoms with Crippen molar-refractivity contribution >= 4 is 39.0 Å². The molecule has 0 fully saturated rings. The Labute approximate surface area is 112 Å². The number of halogens is 2. The Morgan fingerprint density at radius 2 is 1.94 bits per heavy atom. The van der Waals surface area contributed by atoms with E-state index in [1.54, 1.807) is 6.07 Å². The maximum absolute atomic E-state index is 8.82. The second-order valence-electron chi connectivity index (χ2n) is 3.31. The van der Waals surface area contributed by atoms with Crippen LogP contribution in [0.4, 0.5) is 11.5 Å². The minimum absolute atomic E-state index is 0.295. The molecule has 1 N–H and O–H groups in total. The molecule has 0 spiro atoms. The van der Waals surface area contributed by atoms with E-state index in [2.05, 4.69) is 26.2 Å². The van der Waals surface area contributed by atoms with Crippen molar-refractivity contribution in [3.63, 3.8) is 0 Å². The molecule has 2 rings (SSSR count). The first-order chi connectivity index (χ1) is 8.17. The molecular weight excluding hydrogens is 302 g/mol. The first-order valence-corrected chi connectivity index (χ1v) is 5.95. The molecule has 1 aromatic carbocycles. The van der Waals surface area contributed by atoms with Gasteiger partial charge in [0.05, 0.1) is 11.6 Å². The topological polar surface area (TPSA) is 48.7 Å². The van der Waals surface area contributed by atoms with E-state index in [1.165, 1.54) is 6.07 Å². The van der Waals surface area contributed by atoms with Gasteiger partial charge in [0.1, 0.15) is 11.0 Å². The summed E-state index contributed by atoms with van der Waals surface area (Å²) in [5, 5.41) is 12.2. The molecule has 1 aromatic heterocycles. The van der Waals surface area contributed by atoms with Crippen molar-refractivity contribution in [3.8, 4) is 6.07 Å². The van der Waals surface area contributed by atoms with Crippen molar-refractivity contribution in [3.05, 3.63) is 51.6 Å².